The molecule has 4 saturated carbocycles. The second-order valence-electron chi connectivity index (χ2n) is 8.18. The molecule has 0 aliphatic heterocycles. The first kappa shape index (κ1) is 15.5. The molecule has 4 bridgehead atoms. The largest absolute Gasteiger partial charge is 0.363 e. The predicted octanol–water partition coefficient (Wildman–Crippen LogP) is 2.62. The molecule has 0 aromatic carbocycles. The second-order valence-corrected chi connectivity index (χ2v) is 8.59. The van der Waals surface area contributed by atoms with Crippen molar-refractivity contribution < 1.29 is 0 Å². The number of thiocarbonyl (C=S) groups is 1. The maximum atomic E-state index is 5.45. The van der Waals surface area contributed by atoms with Gasteiger partial charge in [0.2, 0.25) is 0 Å². The summed E-state index contributed by atoms with van der Waals surface area (Å²) in [6.45, 7) is 3.20. The van der Waals surface area contributed by atoms with Gasteiger partial charge in [0, 0.05) is 13.1 Å². The zero-order valence-corrected chi connectivity index (χ0v) is 14.5. The monoisotopic (exact) mass is 309 g/mol. The van der Waals surface area contributed by atoms with Crippen LogP contribution in [0.5, 0.6) is 0 Å². The SMILES string of the molecule is CN(C)CCCNC(=S)NCC12CC3CC(CC(C3)C1)C2. The topological polar surface area (TPSA) is 27.3 Å². The highest BCUT2D eigenvalue weighted by atomic mass is 32.1. The first-order valence-corrected chi connectivity index (χ1v) is 9.12. The van der Waals surface area contributed by atoms with Gasteiger partial charge in [-0.15, -0.1) is 0 Å². The van der Waals surface area contributed by atoms with Crippen LogP contribution in [-0.2, 0) is 0 Å². The van der Waals surface area contributed by atoms with E-state index in [1.54, 1.807) is 0 Å². The van der Waals surface area contributed by atoms with Gasteiger partial charge in [-0.2, -0.15) is 0 Å². The molecule has 0 amide bonds. The lowest BCUT2D eigenvalue weighted by molar-refractivity contribution is -0.0491. The molecule has 4 rings (SSSR count). The molecular formula is C17H31N3S. The zero-order valence-electron chi connectivity index (χ0n) is 13.7. The van der Waals surface area contributed by atoms with Gasteiger partial charge in [0.1, 0.15) is 0 Å². The van der Waals surface area contributed by atoms with Gasteiger partial charge >= 0.3 is 0 Å². The van der Waals surface area contributed by atoms with Crippen molar-refractivity contribution in [1.29, 1.82) is 0 Å². The number of rotatable bonds is 6. The van der Waals surface area contributed by atoms with Crippen LogP contribution in [0.1, 0.15) is 44.9 Å². The van der Waals surface area contributed by atoms with E-state index < -0.39 is 0 Å². The molecule has 0 aromatic heterocycles. The molecule has 120 valence electrons. The van der Waals surface area contributed by atoms with Crippen molar-refractivity contribution in [3.8, 4) is 0 Å². The Morgan fingerprint density at radius 1 is 1.05 bits per heavy atom. The zero-order chi connectivity index (χ0) is 14.9. The molecule has 2 N–H and O–H groups in total. The van der Waals surface area contributed by atoms with Crippen molar-refractivity contribution in [2.24, 2.45) is 23.2 Å². The van der Waals surface area contributed by atoms with Gasteiger partial charge in [0.15, 0.2) is 5.11 Å². The summed E-state index contributed by atoms with van der Waals surface area (Å²) in [4.78, 5) is 2.22. The van der Waals surface area contributed by atoms with Crippen LogP contribution in [0.4, 0.5) is 0 Å². The second kappa shape index (κ2) is 6.41. The van der Waals surface area contributed by atoms with E-state index in [4.69, 9.17) is 12.2 Å². The lowest BCUT2D eigenvalue weighted by Gasteiger charge is -2.57. The minimum absolute atomic E-state index is 0.574. The Bertz CT molecular complexity index is 345. The van der Waals surface area contributed by atoms with E-state index in [0.29, 0.717) is 5.41 Å². The van der Waals surface area contributed by atoms with E-state index in [2.05, 4.69) is 29.6 Å². The van der Waals surface area contributed by atoms with Crippen molar-refractivity contribution in [1.82, 2.24) is 15.5 Å². The third-order valence-electron chi connectivity index (χ3n) is 5.86. The lowest BCUT2D eigenvalue weighted by Crippen LogP contribution is -2.52. The van der Waals surface area contributed by atoms with E-state index in [9.17, 15) is 0 Å². The van der Waals surface area contributed by atoms with Gasteiger partial charge < -0.3 is 15.5 Å². The number of hydrogen-bond donors (Lipinski definition) is 2. The van der Waals surface area contributed by atoms with Gasteiger partial charge in [-0.1, -0.05) is 0 Å². The molecule has 4 heteroatoms. The highest BCUT2D eigenvalue weighted by Gasteiger charge is 2.50. The standard InChI is InChI=1S/C17H31N3S/c1-20(2)5-3-4-18-16(21)19-12-17-9-13-6-14(10-17)8-15(7-13)11-17/h13-15H,3-12H2,1-2H3,(H2,18,19,21). The first-order chi connectivity index (χ1) is 10.0. The molecular weight excluding hydrogens is 278 g/mol. The molecule has 0 aromatic rings. The van der Waals surface area contributed by atoms with Crippen LogP contribution < -0.4 is 10.6 Å². The molecule has 4 fully saturated rings. The third kappa shape index (κ3) is 3.89. The fraction of sp³-hybridized carbons (Fsp3) is 0.941. The Balaban J connectivity index is 1.40. The molecule has 0 unspecified atom stereocenters. The molecule has 0 atom stereocenters. The number of nitrogens with one attached hydrogen (secondary N) is 2. The van der Waals surface area contributed by atoms with Crippen LogP contribution >= 0.6 is 12.2 Å². The van der Waals surface area contributed by atoms with E-state index in [-0.39, 0.29) is 0 Å². The van der Waals surface area contributed by atoms with Crippen LogP contribution in [0.15, 0.2) is 0 Å². The Kier molecular flexibility index (Phi) is 4.75. The first-order valence-electron chi connectivity index (χ1n) is 8.71. The van der Waals surface area contributed by atoms with Crippen molar-refractivity contribution in [2.75, 3.05) is 33.7 Å². The van der Waals surface area contributed by atoms with Crippen LogP contribution in [-0.4, -0.2) is 43.7 Å². The minimum atomic E-state index is 0.574. The summed E-state index contributed by atoms with van der Waals surface area (Å²) >= 11 is 5.45. The molecule has 21 heavy (non-hydrogen) atoms. The molecule has 4 aliphatic rings. The summed E-state index contributed by atoms with van der Waals surface area (Å²) in [7, 11) is 4.23. The Labute approximate surface area is 135 Å². The van der Waals surface area contributed by atoms with Gasteiger partial charge in [-0.25, -0.2) is 0 Å². The van der Waals surface area contributed by atoms with Gasteiger partial charge in [-0.05, 0) is 101 Å². The smallest absolute Gasteiger partial charge is 0.166 e. The van der Waals surface area contributed by atoms with Crippen LogP contribution in [0.2, 0.25) is 0 Å². The van der Waals surface area contributed by atoms with Crippen molar-refractivity contribution in [3.05, 3.63) is 0 Å². The van der Waals surface area contributed by atoms with E-state index in [1.165, 1.54) is 38.5 Å². The predicted molar refractivity (Wildman–Crippen MR) is 92.4 cm³/mol. The van der Waals surface area contributed by atoms with Crippen molar-refractivity contribution >= 4 is 17.3 Å². The molecule has 0 heterocycles. The maximum absolute atomic E-state index is 5.45. The summed E-state index contributed by atoms with van der Waals surface area (Å²) < 4.78 is 0. The summed E-state index contributed by atoms with van der Waals surface area (Å²) in [6.07, 6.45) is 10.1. The lowest BCUT2D eigenvalue weighted by atomic mass is 9.49. The quantitative estimate of drug-likeness (QED) is 0.583. The Morgan fingerprint density at radius 3 is 2.14 bits per heavy atom. The fourth-order valence-electron chi connectivity index (χ4n) is 5.43. The van der Waals surface area contributed by atoms with Gasteiger partial charge in [0.05, 0.1) is 0 Å². The average Bonchev–Trinajstić information content (AvgIpc) is 2.40. The highest BCUT2D eigenvalue weighted by Crippen LogP contribution is 2.59. The average molecular weight is 310 g/mol. The van der Waals surface area contributed by atoms with Gasteiger partial charge in [0.25, 0.3) is 0 Å². The van der Waals surface area contributed by atoms with Crippen LogP contribution in [0.3, 0.4) is 0 Å². The summed E-state index contributed by atoms with van der Waals surface area (Å²) in [5.74, 6) is 3.08. The fourth-order valence-corrected chi connectivity index (χ4v) is 5.61. The third-order valence-corrected chi connectivity index (χ3v) is 6.15. The number of nitrogens with zero attached hydrogens (tertiary/aromatic N) is 1. The molecule has 3 nitrogen and oxygen atoms in total. The van der Waals surface area contributed by atoms with Crippen LogP contribution in [0, 0.1) is 23.2 Å². The highest BCUT2D eigenvalue weighted by molar-refractivity contribution is 7.80. The molecule has 0 radical (unpaired) electrons. The Morgan fingerprint density at radius 2 is 1.62 bits per heavy atom. The maximum Gasteiger partial charge on any atom is 0.166 e. The Hall–Kier alpha value is -0.350. The molecule has 4 aliphatic carbocycles. The van der Waals surface area contributed by atoms with Crippen molar-refractivity contribution in [3.63, 3.8) is 0 Å². The van der Waals surface area contributed by atoms with Gasteiger partial charge in [-0.3, -0.25) is 0 Å². The van der Waals surface area contributed by atoms with E-state index in [0.717, 1.165) is 48.9 Å². The molecule has 0 spiro atoms. The van der Waals surface area contributed by atoms with E-state index >= 15 is 0 Å². The minimum Gasteiger partial charge on any atom is -0.363 e. The van der Waals surface area contributed by atoms with Crippen LogP contribution in [0.25, 0.3) is 0 Å². The summed E-state index contributed by atoms with van der Waals surface area (Å²) in [6, 6.07) is 0. The van der Waals surface area contributed by atoms with E-state index in [1.807, 2.05) is 0 Å². The van der Waals surface area contributed by atoms with Crippen molar-refractivity contribution in [2.45, 2.75) is 44.9 Å². The number of hydrogen-bond acceptors (Lipinski definition) is 2. The summed E-state index contributed by atoms with van der Waals surface area (Å²) in [5.41, 5.74) is 0.574. The molecule has 0 saturated heterocycles. The normalized spacial score (nSPS) is 37.0. The summed E-state index contributed by atoms with van der Waals surface area (Å²) in [5, 5.41) is 7.76.